The molecule has 0 spiro atoms. The van der Waals surface area contributed by atoms with Gasteiger partial charge in [0.15, 0.2) is 0 Å². The Kier molecular flexibility index (Phi) is 5.09. The first-order chi connectivity index (χ1) is 9.65. The molecule has 2 atom stereocenters. The number of hydrogen-bond acceptors (Lipinski definition) is 5. The molecule has 1 saturated heterocycles. The van der Waals surface area contributed by atoms with Crippen molar-refractivity contribution in [1.82, 2.24) is 10.6 Å². The van der Waals surface area contributed by atoms with Gasteiger partial charge in [-0.2, -0.15) is 0 Å². The Balaban J connectivity index is 1.72. The van der Waals surface area contributed by atoms with E-state index in [1.165, 1.54) is 0 Å². The van der Waals surface area contributed by atoms with Crippen LogP contribution in [0.25, 0.3) is 0 Å². The van der Waals surface area contributed by atoms with Gasteiger partial charge in [0.1, 0.15) is 6.61 Å². The van der Waals surface area contributed by atoms with Crippen molar-refractivity contribution in [3.8, 4) is 0 Å². The Morgan fingerprint density at radius 1 is 1.30 bits per heavy atom. The molecule has 0 bridgehead atoms. The van der Waals surface area contributed by atoms with E-state index in [0.717, 1.165) is 5.56 Å². The van der Waals surface area contributed by atoms with E-state index < -0.39 is 24.1 Å². The van der Waals surface area contributed by atoms with Crippen LogP contribution < -0.4 is 10.6 Å². The van der Waals surface area contributed by atoms with Crippen molar-refractivity contribution in [2.45, 2.75) is 31.6 Å². The van der Waals surface area contributed by atoms with Crippen LogP contribution in [0.1, 0.15) is 18.4 Å². The number of ether oxygens (including phenoxy) is 1. The molecule has 6 heteroatoms. The lowest BCUT2D eigenvalue weighted by atomic mass is 10.0. The fourth-order valence-corrected chi connectivity index (χ4v) is 2.01. The summed E-state index contributed by atoms with van der Waals surface area (Å²) in [6.07, 6.45) is -0.140. The first-order valence-electron chi connectivity index (χ1n) is 6.58. The summed E-state index contributed by atoms with van der Waals surface area (Å²) < 4.78 is 4.96. The summed E-state index contributed by atoms with van der Waals surface area (Å²) in [5.41, 5.74) is 0.856. The van der Waals surface area contributed by atoms with Crippen LogP contribution in [0.4, 0.5) is 4.79 Å². The number of carbonyl (C=O) groups is 2. The van der Waals surface area contributed by atoms with Gasteiger partial charge in [0.25, 0.3) is 0 Å². The number of rotatable bonds is 3. The monoisotopic (exact) mass is 278 g/mol. The van der Waals surface area contributed by atoms with Gasteiger partial charge in [0.2, 0.25) is 5.91 Å². The Labute approximate surface area is 117 Å². The lowest BCUT2D eigenvalue weighted by molar-refractivity contribution is -0.123. The minimum atomic E-state index is -0.758. The zero-order valence-corrected chi connectivity index (χ0v) is 11.0. The van der Waals surface area contributed by atoms with Gasteiger partial charge in [0, 0.05) is 6.54 Å². The number of nitrogens with one attached hydrogen (secondary N) is 2. The largest absolute Gasteiger partial charge is 0.444 e. The number of alkyl carbamates (subject to hydrolysis) is 1. The predicted octanol–water partition coefficient (Wildman–Crippen LogP) is 0.552. The third kappa shape index (κ3) is 4.32. The average molecular weight is 278 g/mol. The molecule has 0 saturated carbocycles. The normalized spacial score (nSPS) is 22.1. The standard InChI is InChI=1S/C14H18N2O4/c17-11-6-7-12(15-8-11)13(18)16-14(19)20-9-10-4-2-1-3-5-10/h1-5,11-12,15,17H,6-9H2,(H,16,18,19)/t11-,12-/m1/s1. The molecular weight excluding hydrogens is 260 g/mol. The van der Waals surface area contributed by atoms with Gasteiger partial charge in [-0.25, -0.2) is 4.79 Å². The Morgan fingerprint density at radius 2 is 2.05 bits per heavy atom. The third-order valence-corrected chi connectivity index (χ3v) is 3.14. The van der Waals surface area contributed by atoms with Gasteiger partial charge >= 0.3 is 6.09 Å². The molecule has 0 aromatic heterocycles. The number of benzene rings is 1. The van der Waals surface area contributed by atoms with Gasteiger partial charge < -0.3 is 15.2 Å². The fraction of sp³-hybridized carbons (Fsp3) is 0.429. The molecule has 1 aromatic carbocycles. The number of hydrogen-bond donors (Lipinski definition) is 3. The molecule has 1 aliphatic rings. The highest BCUT2D eigenvalue weighted by molar-refractivity contribution is 5.94. The molecule has 1 aromatic rings. The molecule has 0 aliphatic carbocycles. The molecule has 0 unspecified atom stereocenters. The number of aliphatic hydroxyl groups excluding tert-OH is 1. The van der Waals surface area contributed by atoms with E-state index in [0.29, 0.717) is 19.4 Å². The number of imide groups is 1. The number of aliphatic hydroxyl groups is 1. The maximum Gasteiger partial charge on any atom is 0.414 e. The molecule has 3 N–H and O–H groups in total. The van der Waals surface area contributed by atoms with Gasteiger partial charge in [-0.05, 0) is 18.4 Å². The fourth-order valence-electron chi connectivity index (χ4n) is 2.01. The Bertz CT molecular complexity index is 456. The number of amides is 2. The minimum absolute atomic E-state index is 0.122. The van der Waals surface area contributed by atoms with Crippen LogP contribution in [0.5, 0.6) is 0 Å². The molecule has 2 rings (SSSR count). The van der Waals surface area contributed by atoms with Gasteiger partial charge in [-0.15, -0.1) is 0 Å². The molecular formula is C14H18N2O4. The van der Waals surface area contributed by atoms with Crippen molar-refractivity contribution in [2.24, 2.45) is 0 Å². The lowest BCUT2D eigenvalue weighted by Crippen LogP contribution is -2.51. The molecule has 2 amide bonds. The second-order valence-electron chi connectivity index (χ2n) is 4.74. The zero-order chi connectivity index (χ0) is 14.4. The van der Waals surface area contributed by atoms with Crippen LogP contribution in [0, 0.1) is 0 Å². The second kappa shape index (κ2) is 7.02. The maximum absolute atomic E-state index is 11.8. The van der Waals surface area contributed by atoms with Crippen LogP contribution in [0.15, 0.2) is 30.3 Å². The summed E-state index contributed by atoms with van der Waals surface area (Å²) >= 11 is 0. The first kappa shape index (κ1) is 14.5. The second-order valence-corrected chi connectivity index (χ2v) is 4.74. The van der Waals surface area contributed by atoms with E-state index in [4.69, 9.17) is 4.74 Å². The van der Waals surface area contributed by atoms with Crippen molar-refractivity contribution in [2.75, 3.05) is 6.54 Å². The van der Waals surface area contributed by atoms with E-state index in [1.807, 2.05) is 30.3 Å². The molecule has 20 heavy (non-hydrogen) atoms. The first-order valence-corrected chi connectivity index (χ1v) is 6.58. The topological polar surface area (TPSA) is 87.7 Å². The molecule has 1 fully saturated rings. The summed E-state index contributed by atoms with van der Waals surface area (Å²) in [5, 5.41) is 14.4. The van der Waals surface area contributed by atoms with Crippen LogP contribution in [-0.4, -0.2) is 35.8 Å². The van der Waals surface area contributed by atoms with Crippen molar-refractivity contribution >= 4 is 12.0 Å². The van der Waals surface area contributed by atoms with Crippen molar-refractivity contribution < 1.29 is 19.4 Å². The SMILES string of the molecule is O=C(NC(=O)[C@H]1CC[C@@H](O)CN1)OCc1ccccc1. The smallest absolute Gasteiger partial charge is 0.414 e. The van der Waals surface area contributed by atoms with Crippen LogP contribution >= 0.6 is 0 Å². The molecule has 0 radical (unpaired) electrons. The minimum Gasteiger partial charge on any atom is -0.444 e. The van der Waals surface area contributed by atoms with E-state index in [2.05, 4.69) is 10.6 Å². The molecule has 6 nitrogen and oxygen atoms in total. The summed E-state index contributed by atoms with van der Waals surface area (Å²) in [7, 11) is 0. The van der Waals surface area contributed by atoms with Gasteiger partial charge in [-0.3, -0.25) is 10.1 Å². The van der Waals surface area contributed by atoms with Crippen LogP contribution in [0.2, 0.25) is 0 Å². The van der Waals surface area contributed by atoms with E-state index in [9.17, 15) is 14.7 Å². The van der Waals surface area contributed by atoms with Crippen LogP contribution in [-0.2, 0) is 16.1 Å². The van der Waals surface area contributed by atoms with E-state index >= 15 is 0 Å². The van der Waals surface area contributed by atoms with Crippen molar-refractivity contribution in [1.29, 1.82) is 0 Å². The summed E-state index contributed by atoms with van der Waals surface area (Å²) in [5.74, 6) is -0.421. The van der Waals surface area contributed by atoms with Gasteiger partial charge in [0.05, 0.1) is 12.1 Å². The average Bonchev–Trinajstić information content (AvgIpc) is 2.47. The summed E-state index contributed by atoms with van der Waals surface area (Å²) in [6.45, 7) is 0.480. The lowest BCUT2D eigenvalue weighted by Gasteiger charge is -2.25. The van der Waals surface area contributed by atoms with E-state index in [1.54, 1.807) is 0 Å². The predicted molar refractivity (Wildman–Crippen MR) is 71.8 cm³/mol. The summed E-state index contributed by atoms with van der Waals surface area (Å²) in [6, 6.07) is 8.77. The quantitative estimate of drug-likeness (QED) is 0.751. The number of β-amino-alcohol motifs (C(OH)–C–C–N with tert-alkyl or cyclic N) is 1. The van der Waals surface area contributed by atoms with Crippen LogP contribution in [0.3, 0.4) is 0 Å². The van der Waals surface area contributed by atoms with Crippen molar-refractivity contribution in [3.63, 3.8) is 0 Å². The van der Waals surface area contributed by atoms with Crippen molar-refractivity contribution in [3.05, 3.63) is 35.9 Å². The Morgan fingerprint density at radius 3 is 2.70 bits per heavy atom. The highest BCUT2D eigenvalue weighted by Crippen LogP contribution is 2.08. The Hall–Kier alpha value is -1.92. The highest BCUT2D eigenvalue weighted by Gasteiger charge is 2.25. The zero-order valence-electron chi connectivity index (χ0n) is 11.0. The van der Waals surface area contributed by atoms with Gasteiger partial charge in [-0.1, -0.05) is 30.3 Å². The molecule has 1 heterocycles. The number of piperidine rings is 1. The maximum atomic E-state index is 11.8. The number of carbonyl (C=O) groups excluding carboxylic acids is 2. The molecule has 1 aliphatic heterocycles. The summed E-state index contributed by atoms with van der Waals surface area (Å²) in [4.78, 5) is 23.3. The highest BCUT2D eigenvalue weighted by atomic mass is 16.5. The van der Waals surface area contributed by atoms with E-state index in [-0.39, 0.29) is 6.61 Å². The molecule has 108 valence electrons. The third-order valence-electron chi connectivity index (χ3n) is 3.14.